The van der Waals surface area contributed by atoms with Crippen molar-refractivity contribution in [2.75, 3.05) is 7.11 Å². The van der Waals surface area contributed by atoms with Gasteiger partial charge < -0.3 is 4.74 Å². The van der Waals surface area contributed by atoms with Crippen molar-refractivity contribution < 1.29 is 9.53 Å². The van der Waals surface area contributed by atoms with Gasteiger partial charge in [-0.25, -0.2) is 4.98 Å². The number of fused-ring (bicyclic) bond motifs is 3. The normalized spacial score (nSPS) is 26.1. The fourth-order valence-electron chi connectivity index (χ4n) is 6.82. The number of hydrogen-bond donors (Lipinski definition) is 0. The van der Waals surface area contributed by atoms with E-state index in [-0.39, 0.29) is 11.4 Å². The second kappa shape index (κ2) is 8.64. The molecule has 34 heavy (non-hydrogen) atoms. The number of rotatable bonds is 4. The summed E-state index contributed by atoms with van der Waals surface area (Å²) < 4.78 is 5.32. The highest BCUT2D eigenvalue weighted by molar-refractivity contribution is 7.13. The molecule has 2 aromatic carbocycles. The molecular formula is C30H35NO2S. The first kappa shape index (κ1) is 23.3. The minimum Gasteiger partial charge on any atom is -0.469 e. The predicted molar refractivity (Wildman–Crippen MR) is 140 cm³/mol. The number of ether oxygens (including phenoxy) is 1. The summed E-state index contributed by atoms with van der Waals surface area (Å²) in [6, 6.07) is 15.3. The summed E-state index contributed by atoms with van der Waals surface area (Å²) in [7, 11) is 1.54. The molecule has 1 heterocycles. The molecule has 0 amide bonds. The molecule has 0 saturated heterocycles. The maximum Gasteiger partial charge on any atom is 0.311 e. The fraction of sp³-hybridized carbons (Fsp3) is 0.467. The molecule has 1 aromatic heterocycles. The average molecular weight is 474 g/mol. The summed E-state index contributed by atoms with van der Waals surface area (Å²) in [5.41, 5.74) is 7.28. The van der Waals surface area contributed by atoms with Crippen LogP contribution in [0.1, 0.15) is 76.0 Å². The Hall–Kier alpha value is -2.46. The molecule has 4 heteroatoms. The third-order valence-electron chi connectivity index (χ3n) is 8.60. The third-order valence-corrected chi connectivity index (χ3v) is 9.49. The van der Waals surface area contributed by atoms with Gasteiger partial charge in [0, 0.05) is 16.5 Å². The maximum absolute atomic E-state index is 12.9. The number of methoxy groups -OCH3 is 1. The SMILES string of the molecule is COC(=O)[C@]1(C)CCC[C@]2(C)c3cc(-c4csc(-c5ccccc5)n4)c(C(C)C)cc3CC[C@@H]12. The second-order valence-electron chi connectivity index (χ2n) is 10.9. The minimum atomic E-state index is -0.419. The Morgan fingerprint density at radius 1 is 1.15 bits per heavy atom. The highest BCUT2D eigenvalue weighted by Crippen LogP contribution is 2.58. The van der Waals surface area contributed by atoms with Crippen LogP contribution in [0.25, 0.3) is 21.8 Å². The molecule has 1 fully saturated rings. The zero-order valence-corrected chi connectivity index (χ0v) is 21.8. The molecule has 3 atom stereocenters. The first-order chi connectivity index (χ1) is 16.3. The van der Waals surface area contributed by atoms with Crippen LogP contribution >= 0.6 is 11.3 Å². The van der Waals surface area contributed by atoms with Gasteiger partial charge in [0.15, 0.2) is 0 Å². The summed E-state index contributed by atoms with van der Waals surface area (Å²) >= 11 is 1.71. The van der Waals surface area contributed by atoms with E-state index in [4.69, 9.17) is 9.72 Å². The van der Waals surface area contributed by atoms with E-state index in [0.29, 0.717) is 11.8 Å². The summed E-state index contributed by atoms with van der Waals surface area (Å²) in [6.07, 6.45) is 5.15. The van der Waals surface area contributed by atoms with Crippen LogP contribution in [0.5, 0.6) is 0 Å². The van der Waals surface area contributed by atoms with Crippen molar-refractivity contribution >= 4 is 17.3 Å². The number of aromatic nitrogens is 1. The number of esters is 1. The Labute approximate surface area is 207 Å². The standard InChI is InChI=1S/C30H35NO2S/c1-19(2)22-16-21-12-13-26-29(3,14-9-15-30(26,4)28(32)33-5)24(21)17-23(22)25-18-34-27(31-25)20-10-7-6-8-11-20/h6-8,10-11,16-19,26H,9,12-15H2,1-5H3/t26-,29-,30-/m1/s1. The van der Waals surface area contributed by atoms with Gasteiger partial charge in [0.05, 0.1) is 18.2 Å². The number of benzene rings is 2. The van der Waals surface area contributed by atoms with Crippen LogP contribution in [0.4, 0.5) is 0 Å². The zero-order valence-electron chi connectivity index (χ0n) is 21.0. The maximum atomic E-state index is 12.9. The van der Waals surface area contributed by atoms with Gasteiger partial charge in [-0.05, 0) is 72.6 Å². The van der Waals surface area contributed by atoms with Crippen molar-refractivity contribution in [2.45, 2.75) is 71.1 Å². The van der Waals surface area contributed by atoms with Crippen LogP contribution in [0, 0.1) is 11.3 Å². The van der Waals surface area contributed by atoms with Gasteiger partial charge in [-0.1, -0.05) is 63.6 Å². The zero-order chi connectivity index (χ0) is 24.1. The van der Waals surface area contributed by atoms with Crippen LogP contribution in [0.15, 0.2) is 47.8 Å². The first-order valence-corrected chi connectivity index (χ1v) is 13.4. The van der Waals surface area contributed by atoms with E-state index >= 15 is 0 Å². The van der Waals surface area contributed by atoms with Gasteiger partial charge in [0.25, 0.3) is 0 Å². The van der Waals surface area contributed by atoms with E-state index in [1.54, 1.807) is 11.3 Å². The summed E-state index contributed by atoms with van der Waals surface area (Å²) in [5.74, 6) is 0.666. The molecule has 0 N–H and O–H groups in total. The van der Waals surface area contributed by atoms with Crippen molar-refractivity contribution in [3.63, 3.8) is 0 Å². The predicted octanol–water partition coefficient (Wildman–Crippen LogP) is 7.78. The summed E-state index contributed by atoms with van der Waals surface area (Å²) in [6.45, 7) is 9.09. The van der Waals surface area contributed by atoms with E-state index in [1.165, 1.54) is 29.4 Å². The van der Waals surface area contributed by atoms with Crippen LogP contribution in [-0.2, 0) is 21.4 Å². The molecule has 3 nitrogen and oxygen atoms in total. The molecule has 178 valence electrons. The van der Waals surface area contributed by atoms with Gasteiger partial charge in [-0.15, -0.1) is 11.3 Å². The smallest absolute Gasteiger partial charge is 0.311 e. The first-order valence-electron chi connectivity index (χ1n) is 12.5. The van der Waals surface area contributed by atoms with Gasteiger partial charge in [-0.3, -0.25) is 4.79 Å². The van der Waals surface area contributed by atoms with Crippen molar-refractivity contribution in [3.8, 4) is 21.8 Å². The molecule has 0 bridgehead atoms. The lowest BCUT2D eigenvalue weighted by molar-refractivity contribution is -0.161. The number of thiazole rings is 1. The minimum absolute atomic E-state index is 0.0304. The number of hydrogen-bond acceptors (Lipinski definition) is 4. The number of carbonyl (C=O) groups excluding carboxylic acids is 1. The highest BCUT2D eigenvalue weighted by atomic mass is 32.1. The van der Waals surface area contributed by atoms with Crippen molar-refractivity contribution in [1.82, 2.24) is 4.98 Å². The molecule has 0 aliphatic heterocycles. The monoisotopic (exact) mass is 473 g/mol. The summed E-state index contributed by atoms with van der Waals surface area (Å²) in [5, 5.41) is 3.26. The quantitative estimate of drug-likeness (QED) is 0.363. The van der Waals surface area contributed by atoms with Crippen molar-refractivity contribution in [2.24, 2.45) is 11.3 Å². The lowest BCUT2D eigenvalue weighted by atomic mass is 9.49. The van der Waals surface area contributed by atoms with Gasteiger partial charge in [0.2, 0.25) is 0 Å². The van der Waals surface area contributed by atoms with Gasteiger partial charge >= 0.3 is 5.97 Å². The lowest BCUT2D eigenvalue weighted by Gasteiger charge is -2.54. The van der Waals surface area contributed by atoms with E-state index in [0.717, 1.165) is 48.4 Å². The van der Waals surface area contributed by atoms with Crippen LogP contribution in [0.3, 0.4) is 0 Å². The highest BCUT2D eigenvalue weighted by Gasteiger charge is 2.55. The molecule has 0 radical (unpaired) electrons. The van der Waals surface area contributed by atoms with Crippen LogP contribution in [0.2, 0.25) is 0 Å². The molecule has 1 saturated carbocycles. The Bertz CT molecular complexity index is 1210. The Kier molecular flexibility index (Phi) is 5.92. The molecular weight excluding hydrogens is 438 g/mol. The lowest BCUT2D eigenvalue weighted by Crippen LogP contribution is -2.52. The van der Waals surface area contributed by atoms with E-state index < -0.39 is 5.41 Å². The molecule has 0 unspecified atom stereocenters. The Morgan fingerprint density at radius 3 is 2.62 bits per heavy atom. The van der Waals surface area contributed by atoms with Crippen LogP contribution in [-0.4, -0.2) is 18.1 Å². The molecule has 5 rings (SSSR count). The Balaban J connectivity index is 1.63. The molecule has 0 spiro atoms. The summed E-state index contributed by atoms with van der Waals surface area (Å²) in [4.78, 5) is 18.0. The average Bonchev–Trinajstić information content (AvgIpc) is 3.33. The number of nitrogens with zero attached hydrogens (tertiary/aromatic N) is 1. The third kappa shape index (κ3) is 3.62. The molecule has 2 aliphatic rings. The number of aryl methyl sites for hydroxylation is 1. The van der Waals surface area contributed by atoms with E-state index in [9.17, 15) is 4.79 Å². The molecule has 2 aliphatic carbocycles. The fourth-order valence-corrected chi connectivity index (χ4v) is 7.65. The number of carbonyl (C=O) groups is 1. The topological polar surface area (TPSA) is 39.2 Å². The Morgan fingerprint density at radius 2 is 1.91 bits per heavy atom. The second-order valence-corrected chi connectivity index (χ2v) is 11.8. The largest absolute Gasteiger partial charge is 0.469 e. The van der Waals surface area contributed by atoms with E-state index in [2.05, 4.69) is 69.5 Å². The molecule has 3 aromatic rings. The van der Waals surface area contributed by atoms with E-state index in [1.807, 2.05) is 6.07 Å². The van der Waals surface area contributed by atoms with Crippen LogP contribution < -0.4 is 0 Å². The van der Waals surface area contributed by atoms with Crippen molar-refractivity contribution in [3.05, 3.63) is 64.5 Å². The van der Waals surface area contributed by atoms with Gasteiger partial charge in [0.1, 0.15) is 5.01 Å². The van der Waals surface area contributed by atoms with Crippen molar-refractivity contribution in [1.29, 1.82) is 0 Å². The van der Waals surface area contributed by atoms with Gasteiger partial charge in [-0.2, -0.15) is 0 Å².